The highest BCUT2D eigenvalue weighted by molar-refractivity contribution is 7.89. The van der Waals surface area contributed by atoms with Crippen LogP contribution in [0.3, 0.4) is 0 Å². The quantitative estimate of drug-likeness (QED) is 0.775. The predicted molar refractivity (Wildman–Crippen MR) is 99.0 cm³/mol. The fraction of sp³-hybridized carbons (Fsp3) is 0.278. The number of hydrogen-bond acceptors (Lipinski definition) is 3. The molecule has 2 aromatic rings. The molecule has 0 heterocycles. The van der Waals surface area contributed by atoms with E-state index in [1.807, 2.05) is 19.1 Å². The summed E-state index contributed by atoms with van der Waals surface area (Å²) in [5, 5.41) is 3.60. The lowest BCUT2D eigenvalue weighted by Gasteiger charge is -2.14. The summed E-state index contributed by atoms with van der Waals surface area (Å²) in [6.07, 6.45) is 0.870. The highest BCUT2D eigenvalue weighted by Crippen LogP contribution is 2.16. The van der Waals surface area contributed by atoms with Crippen LogP contribution < -0.4 is 10.0 Å². The molecule has 1 amide bonds. The monoisotopic (exact) mass is 380 g/mol. The first kappa shape index (κ1) is 19.4. The summed E-state index contributed by atoms with van der Waals surface area (Å²) in [4.78, 5) is 12.3. The van der Waals surface area contributed by atoms with E-state index in [4.69, 9.17) is 11.6 Å². The molecule has 0 aromatic heterocycles. The summed E-state index contributed by atoms with van der Waals surface area (Å²) >= 11 is 5.86. The summed E-state index contributed by atoms with van der Waals surface area (Å²) in [5.41, 5.74) is 1.89. The van der Waals surface area contributed by atoms with Crippen LogP contribution >= 0.6 is 11.6 Å². The summed E-state index contributed by atoms with van der Waals surface area (Å²) < 4.78 is 25.6. The molecule has 0 aliphatic rings. The summed E-state index contributed by atoms with van der Waals surface area (Å²) in [6, 6.07) is 13.8. The summed E-state index contributed by atoms with van der Waals surface area (Å²) in [6.45, 7) is 1.92. The Balaban J connectivity index is 1.88. The van der Waals surface area contributed by atoms with Crippen molar-refractivity contribution in [1.82, 2.24) is 10.0 Å². The molecule has 0 aliphatic carbocycles. The van der Waals surface area contributed by atoms with Crippen LogP contribution in [0.1, 0.15) is 30.5 Å². The number of rotatable bonds is 7. The van der Waals surface area contributed by atoms with Crippen molar-refractivity contribution in [2.75, 3.05) is 7.05 Å². The molecule has 25 heavy (non-hydrogen) atoms. The summed E-state index contributed by atoms with van der Waals surface area (Å²) in [5.74, 6) is -0.0608. The van der Waals surface area contributed by atoms with E-state index in [0.717, 1.165) is 11.1 Å². The number of nitrogens with one attached hydrogen (secondary N) is 2. The van der Waals surface area contributed by atoms with E-state index in [2.05, 4.69) is 10.0 Å². The van der Waals surface area contributed by atoms with Crippen LogP contribution in [0.5, 0.6) is 0 Å². The highest BCUT2D eigenvalue weighted by Gasteiger charge is 2.12. The second kappa shape index (κ2) is 8.47. The molecule has 2 rings (SSSR count). The van der Waals surface area contributed by atoms with Gasteiger partial charge in [-0.25, -0.2) is 13.1 Å². The van der Waals surface area contributed by atoms with Crippen LogP contribution in [0.15, 0.2) is 53.4 Å². The second-order valence-corrected chi connectivity index (χ2v) is 8.02. The molecular formula is C18H21ClN2O3S. The molecule has 0 aliphatic heterocycles. The lowest BCUT2D eigenvalue weighted by atomic mass is 10.1. The highest BCUT2D eigenvalue weighted by atomic mass is 35.5. The number of aryl methyl sites for hydroxylation is 1. The molecule has 1 unspecified atom stereocenters. The molecule has 2 N–H and O–H groups in total. The fourth-order valence-electron chi connectivity index (χ4n) is 2.36. The molecule has 1 atom stereocenters. The van der Waals surface area contributed by atoms with E-state index in [9.17, 15) is 13.2 Å². The van der Waals surface area contributed by atoms with Crippen molar-refractivity contribution >= 4 is 27.5 Å². The minimum absolute atomic E-state index is 0.0608. The van der Waals surface area contributed by atoms with Crippen molar-refractivity contribution < 1.29 is 13.2 Å². The van der Waals surface area contributed by atoms with Gasteiger partial charge in [-0.2, -0.15) is 0 Å². The van der Waals surface area contributed by atoms with E-state index in [0.29, 0.717) is 17.9 Å². The molecule has 7 heteroatoms. The smallest absolute Gasteiger partial charge is 0.240 e. The van der Waals surface area contributed by atoms with Gasteiger partial charge in [-0.05, 0) is 55.8 Å². The van der Waals surface area contributed by atoms with Crippen molar-refractivity contribution in [3.8, 4) is 0 Å². The zero-order valence-corrected chi connectivity index (χ0v) is 15.7. The molecule has 2 aromatic carbocycles. The molecule has 5 nitrogen and oxygen atoms in total. The number of amides is 1. The van der Waals surface area contributed by atoms with Gasteiger partial charge in [0.05, 0.1) is 10.9 Å². The van der Waals surface area contributed by atoms with Gasteiger partial charge in [0.25, 0.3) is 0 Å². The standard InChI is InChI=1S/C18H21ClN2O3S/c1-13(15-6-8-16(19)9-7-15)21-18(22)12-5-14-3-10-17(11-4-14)25(23,24)20-2/h3-4,6-11,13,20H,5,12H2,1-2H3,(H,21,22). The third-order valence-corrected chi connectivity index (χ3v) is 5.57. The predicted octanol–water partition coefficient (Wildman–Crippen LogP) is 3.06. The molecule has 134 valence electrons. The maximum Gasteiger partial charge on any atom is 0.240 e. The first-order valence-corrected chi connectivity index (χ1v) is 9.75. The number of carbonyl (C=O) groups is 1. The first-order valence-electron chi connectivity index (χ1n) is 7.89. The van der Waals surface area contributed by atoms with Crippen LogP contribution in [0.25, 0.3) is 0 Å². The molecule has 0 spiro atoms. The number of hydrogen-bond donors (Lipinski definition) is 2. The Morgan fingerprint density at radius 3 is 2.24 bits per heavy atom. The Morgan fingerprint density at radius 1 is 1.08 bits per heavy atom. The van der Waals surface area contributed by atoms with Crippen molar-refractivity contribution in [3.63, 3.8) is 0 Å². The fourth-order valence-corrected chi connectivity index (χ4v) is 3.22. The van der Waals surface area contributed by atoms with Crippen molar-refractivity contribution in [2.24, 2.45) is 0 Å². The van der Waals surface area contributed by atoms with Crippen molar-refractivity contribution in [3.05, 3.63) is 64.7 Å². The van der Waals surface area contributed by atoms with Gasteiger partial charge in [-0.3, -0.25) is 4.79 Å². The average molecular weight is 381 g/mol. The Kier molecular flexibility index (Phi) is 6.58. The number of carbonyl (C=O) groups excluding carboxylic acids is 1. The van der Waals surface area contributed by atoms with E-state index >= 15 is 0 Å². The van der Waals surface area contributed by atoms with Crippen LogP contribution in [0, 0.1) is 0 Å². The van der Waals surface area contributed by atoms with Gasteiger partial charge in [0, 0.05) is 11.4 Å². The van der Waals surface area contributed by atoms with Gasteiger partial charge in [0.15, 0.2) is 0 Å². The zero-order chi connectivity index (χ0) is 18.4. The van der Waals surface area contributed by atoms with Crippen LogP contribution in [0.4, 0.5) is 0 Å². The van der Waals surface area contributed by atoms with Crippen LogP contribution in [0.2, 0.25) is 5.02 Å². The number of sulfonamides is 1. The maximum atomic E-state index is 12.1. The summed E-state index contributed by atoms with van der Waals surface area (Å²) in [7, 11) is -2.06. The third-order valence-electron chi connectivity index (χ3n) is 3.89. The molecule has 0 saturated carbocycles. The molecule has 0 saturated heterocycles. The Bertz CT molecular complexity index is 818. The topological polar surface area (TPSA) is 75.3 Å². The van der Waals surface area contributed by atoms with Crippen molar-refractivity contribution in [1.29, 1.82) is 0 Å². The molecule has 0 bridgehead atoms. The van der Waals surface area contributed by atoms with Gasteiger partial charge in [0.1, 0.15) is 0 Å². The Hall–Kier alpha value is -1.89. The second-order valence-electron chi connectivity index (χ2n) is 5.69. The Morgan fingerprint density at radius 2 is 1.68 bits per heavy atom. The van der Waals surface area contributed by atoms with Gasteiger partial charge >= 0.3 is 0 Å². The molecule has 0 fully saturated rings. The number of halogens is 1. The average Bonchev–Trinajstić information content (AvgIpc) is 2.61. The van der Waals surface area contributed by atoms with Gasteiger partial charge in [-0.15, -0.1) is 0 Å². The van der Waals surface area contributed by atoms with Crippen molar-refractivity contribution in [2.45, 2.75) is 30.7 Å². The van der Waals surface area contributed by atoms with E-state index in [-0.39, 0.29) is 16.8 Å². The molecule has 0 radical (unpaired) electrons. The molecular weight excluding hydrogens is 360 g/mol. The van der Waals surface area contributed by atoms with E-state index < -0.39 is 10.0 Å². The lowest BCUT2D eigenvalue weighted by molar-refractivity contribution is -0.121. The largest absolute Gasteiger partial charge is 0.350 e. The third kappa shape index (κ3) is 5.56. The minimum atomic E-state index is -3.43. The minimum Gasteiger partial charge on any atom is -0.350 e. The van der Waals surface area contributed by atoms with E-state index in [1.54, 1.807) is 24.3 Å². The van der Waals surface area contributed by atoms with Gasteiger partial charge < -0.3 is 5.32 Å². The normalized spacial score (nSPS) is 12.6. The maximum absolute atomic E-state index is 12.1. The SMILES string of the molecule is CNS(=O)(=O)c1ccc(CCC(=O)NC(C)c2ccc(Cl)cc2)cc1. The lowest BCUT2D eigenvalue weighted by Crippen LogP contribution is -2.26. The van der Waals surface area contributed by atoms with Gasteiger partial charge in [0.2, 0.25) is 15.9 Å². The Labute approximate surface area is 153 Å². The van der Waals surface area contributed by atoms with Crippen LogP contribution in [-0.4, -0.2) is 21.4 Å². The van der Waals surface area contributed by atoms with Crippen LogP contribution in [-0.2, 0) is 21.2 Å². The first-order chi connectivity index (χ1) is 11.8. The zero-order valence-electron chi connectivity index (χ0n) is 14.1. The van der Waals surface area contributed by atoms with Gasteiger partial charge in [-0.1, -0.05) is 35.9 Å². The number of benzene rings is 2. The van der Waals surface area contributed by atoms with E-state index in [1.165, 1.54) is 19.2 Å².